The summed E-state index contributed by atoms with van der Waals surface area (Å²) in [6, 6.07) is 3.34. The number of aromatic hydroxyl groups is 1. The lowest BCUT2D eigenvalue weighted by Crippen LogP contribution is -2.55. The number of phenols is 1. The van der Waals surface area contributed by atoms with Crippen LogP contribution in [0.1, 0.15) is 24.9 Å². The summed E-state index contributed by atoms with van der Waals surface area (Å²) in [7, 11) is 0. The largest absolute Gasteiger partial charge is 0.508 e. The van der Waals surface area contributed by atoms with Gasteiger partial charge in [-0.15, -0.1) is 11.8 Å². The van der Waals surface area contributed by atoms with Gasteiger partial charge in [0, 0.05) is 11.3 Å². The predicted octanol–water partition coefficient (Wildman–Crippen LogP) is 0.213. The van der Waals surface area contributed by atoms with E-state index in [-0.39, 0.29) is 17.6 Å². The highest BCUT2D eigenvalue weighted by Crippen LogP contribution is 2.33. The van der Waals surface area contributed by atoms with Crippen LogP contribution in [-0.4, -0.2) is 51.3 Å². The molecule has 0 bridgehead atoms. The van der Waals surface area contributed by atoms with Crippen LogP contribution in [0.15, 0.2) is 35.5 Å². The van der Waals surface area contributed by atoms with Gasteiger partial charge < -0.3 is 31.3 Å². The number of phenolic OH excluding ortho intramolecular Hbond substituents is 1. The lowest BCUT2D eigenvalue weighted by molar-refractivity contribution is -0.143. The average molecular weight is 407 g/mol. The van der Waals surface area contributed by atoms with Gasteiger partial charge in [0.25, 0.3) is 0 Å². The molecule has 10 heteroatoms. The van der Waals surface area contributed by atoms with Gasteiger partial charge in [0.15, 0.2) is 6.04 Å². The Morgan fingerprint density at radius 1 is 1.39 bits per heavy atom. The van der Waals surface area contributed by atoms with Crippen molar-refractivity contribution in [1.82, 2.24) is 10.6 Å². The van der Waals surface area contributed by atoms with Crippen LogP contribution in [-0.2, 0) is 19.1 Å². The third kappa shape index (κ3) is 3.92. The first kappa shape index (κ1) is 20.0. The Labute approximate surface area is 165 Å². The molecule has 0 fully saturated rings. The molecule has 150 valence electrons. The summed E-state index contributed by atoms with van der Waals surface area (Å²) >= 11 is 1.28. The Balaban J connectivity index is 1.72. The summed E-state index contributed by atoms with van der Waals surface area (Å²) in [6.07, 6.45) is 0.335. The molecule has 1 amide bonds. The third-order valence-corrected chi connectivity index (χ3v) is 5.87. The number of carbonyl (C=O) groups excluding carboxylic acids is 2. The number of esters is 1. The highest BCUT2D eigenvalue weighted by atomic mass is 32.2. The van der Waals surface area contributed by atoms with Gasteiger partial charge in [-0.1, -0.05) is 19.1 Å². The van der Waals surface area contributed by atoms with Gasteiger partial charge in [-0.2, -0.15) is 0 Å². The Hall–Kier alpha value is -2.72. The maximum atomic E-state index is 12.5. The van der Waals surface area contributed by atoms with Crippen molar-refractivity contribution in [1.29, 1.82) is 0 Å². The fourth-order valence-electron chi connectivity index (χ4n) is 3.08. The average Bonchev–Trinajstić information content (AvgIpc) is 3.01. The number of thioether (sulfide) groups is 1. The van der Waals surface area contributed by atoms with Gasteiger partial charge >= 0.3 is 11.9 Å². The SMILES string of the molecule is CCC1OC(=O)C2=C1CS[C@H]([C@H](NC(=O)[C@H](N)c1ccc(O)cc1)C(=O)O)N2. The Morgan fingerprint density at radius 2 is 2.07 bits per heavy atom. The van der Waals surface area contributed by atoms with Gasteiger partial charge in [-0.3, -0.25) is 4.79 Å². The fourth-order valence-corrected chi connectivity index (χ4v) is 4.35. The van der Waals surface area contributed by atoms with E-state index in [0.717, 1.165) is 5.57 Å². The van der Waals surface area contributed by atoms with Crippen molar-refractivity contribution in [3.63, 3.8) is 0 Å². The smallest absolute Gasteiger partial charge is 0.355 e. The number of cyclic esters (lactones) is 1. The zero-order valence-corrected chi connectivity index (χ0v) is 15.9. The second-order valence-corrected chi connectivity index (χ2v) is 7.60. The van der Waals surface area contributed by atoms with Crippen molar-refractivity contribution >= 4 is 29.6 Å². The maximum absolute atomic E-state index is 12.5. The first-order chi connectivity index (χ1) is 13.3. The maximum Gasteiger partial charge on any atom is 0.355 e. The number of benzene rings is 1. The first-order valence-corrected chi connectivity index (χ1v) is 9.76. The second kappa shape index (κ2) is 8.11. The number of carboxylic acids is 1. The first-order valence-electron chi connectivity index (χ1n) is 8.71. The van der Waals surface area contributed by atoms with Gasteiger partial charge in [0.1, 0.15) is 29.0 Å². The summed E-state index contributed by atoms with van der Waals surface area (Å²) in [4.78, 5) is 36.3. The molecule has 2 aliphatic rings. The van der Waals surface area contributed by atoms with Gasteiger partial charge in [-0.25, -0.2) is 9.59 Å². The topological polar surface area (TPSA) is 151 Å². The van der Waals surface area contributed by atoms with E-state index in [1.807, 2.05) is 6.92 Å². The molecule has 3 rings (SSSR count). The van der Waals surface area contributed by atoms with Gasteiger partial charge in [0.2, 0.25) is 5.91 Å². The van der Waals surface area contributed by atoms with Crippen molar-refractivity contribution in [3.8, 4) is 5.75 Å². The van der Waals surface area contributed by atoms with E-state index in [4.69, 9.17) is 10.5 Å². The minimum atomic E-state index is -1.30. The van der Waals surface area contributed by atoms with Crippen molar-refractivity contribution in [2.24, 2.45) is 5.73 Å². The summed E-state index contributed by atoms with van der Waals surface area (Å²) < 4.78 is 5.27. The van der Waals surface area contributed by atoms with Crippen LogP contribution in [0.2, 0.25) is 0 Å². The van der Waals surface area contributed by atoms with E-state index in [1.165, 1.54) is 36.0 Å². The van der Waals surface area contributed by atoms with Crippen molar-refractivity contribution in [2.45, 2.75) is 36.9 Å². The molecule has 9 nitrogen and oxygen atoms in total. The van der Waals surface area contributed by atoms with Crippen LogP contribution in [0.5, 0.6) is 5.75 Å². The molecule has 2 aliphatic heterocycles. The summed E-state index contributed by atoms with van der Waals surface area (Å²) in [5, 5.41) is 23.5. The molecule has 28 heavy (non-hydrogen) atoms. The summed E-state index contributed by atoms with van der Waals surface area (Å²) in [6.45, 7) is 1.90. The zero-order valence-electron chi connectivity index (χ0n) is 15.0. The van der Waals surface area contributed by atoms with Crippen molar-refractivity contribution in [2.75, 3.05) is 5.75 Å². The molecule has 0 saturated heterocycles. The number of carbonyl (C=O) groups is 3. The molecular weight excluding hydrogens is 386 g/mol. The number of aliphatic carboxylic acids is 1. The lowest BCUT2D eigenvalue weighted by atomic mass is 10.1. The number of hydrogen-bond donors (Lipinski definition) is 5. The van der Waals surface area contributed by atoms with E-state index in [2.05, 4.69) is 10.6 Å². The fraction of sp³-hybridized carbons (Fsp3) is 0.389. The molecule has 1 unspecified atom stereocenters. The number of nitrogens with two attached hydrogens (primary N) is 1. The highest BCUT2D eigenvalue weighted by molar-refractivity contribution is 8.00. The Bertz CT molecular complexity index is 825. The molecule has 6 N–H and O–H groups in total. The van der Waals surface area contributed by atoms with Crippen LogP contribution < -0.4 is 16.4 Å². The van der Waals surface area contributed by atoms with Gasteiger partial charge in [0.05, 0.1) is 0 Å². The number of nitrogens with one attached hydrogen (secondary N) is 2. The van der Waals surface area contributed by atoms with E-state index in [1.54, 1.807) is 0 Å². The van der Waals surface area contributed by atoms with E-state index in [0.29, 0.717) is 17.7 Å². The Kier molecular flexibility index (Phi) is 5.80. The normalized spacial score (nSPS) is 23.3. The molecule has 0 saturated carbocycles. The summed E-state index contributed by atoms with van der Waals surface area (Å²) in [5.74, 6) is -1.98. The number of ether oxygens (including phenoxy) is 1. The van der Waals surface area contributed by atoms with Crippen molar-refractivity contribution in [3.05, 3.63) is 41.1 Å². The van der Waals surface area contributed by atoms with E-state index >= 15 is 0 Å². The van der Waals surface area contributed by atoms with Crippen LogP contribution in [0.4, 0.5) is 0 Å². The summed E-state index contributed by atoms with van der Waals surface area (Å²) in [5.41, 5.74) is 7.43. The van der Waals surface area contributed by atoms with Crippen LogP contribution in [0.3, 0.4) is 0 Å². The molecule has 0 radical (unpaired) electrons. The number of carboxylic acid groups (broad SMARTS) is 1. The van der Waals surface area contributed by atoms with Crippen LogP contribution in [0, 0.1) is 0 Å². The monoisotopic (exact) mass is 407 g/mol. The molecule has 0 spiro atoms. The molecule has 0 aliphatic carbocycles. The quantitative estimate of drug-likeness (QED) is 0.417. The molecule has 1 aromatic carbocycles. The lowest BCUT2D eigenvalue weighted by Gasteiger charge is -2.30. The molecule has 4 atom stereocenters. The van der Waals surface area contributed by atoms with Gasteiger partial charge in [-0.05, 0) is 24.1 Å². The molecule has 0 aromatic heterocycles. The van der Waals surface area contributed by atoms with Crippen LogP contribution >= 0.6 is 11.8 Å². The zero-order chi connectivity index (χ0) is 20.4. The minimum Gasteiger partial charge on any atom is -0.508 e. The molecule has 2 heterocycles. The second-order valence-electron chi connectivity index (χ2n) is 6.47. The third-order valence-electron chi connectivity index (χ3n) is 4.64. The minimum absolute atomic E-state index is 0.0282. The van der Waals surface area contributed by atoms with Crippen LogP contribution in [0.25, 0.3) is 0 Å². The number of hydrogen-bond acceptors (Lipinski definition) is 8. The Morgan fingerprint density at radius 3 is 2.68 bits per heavy atom. The number of amides is 1. The standard InChI is InChI=1S/C18H21N3O6S/c1-2-11-10-7-28-16(21-13(10)18(26)27-11)14(17(24)25)20-15(23)12(19)8-3-5-9(22)6-4-8/h3-6,11-12,14,16,21-22H,2,7,19H2,1H3,(H,20,23)(H,24,25)/t11?,12-,14+,16-/m1/s1. The predicted molar refractivity (Wildman–Crippen MR) is 101 cm³/mol. The highest BCUT2D eigenvalue weighted by Gasteiger charge is 2.41. The molecule has 1 aromatic rings. The molecular formula is C18H21N3O6S. The van der Waals surface area contributed by atoms with E-state index in [9.17, 15) is 24.6 Å². The van der Waals surface area contributed by atoms with E-state index < -0.39 is 35.3 Å². The van der Waals surface area contributed by atoms with Crippen molar-refractivity contribution < 1.29 is 29.3 Å². The number of rotatable bonds is 6.